The van der Waals surface area contributed by atoms with Crippen LogP contribution in [-0.2, 0) is 20.0 Å². The van der Waals surface area contributed by atoms with Gasteiger partial charge >= 0.3 is 0 Å². The quantitative estimate of drug-likeness (QED) is 0.580. The van der Waals surface area contributed by atoms with E-state index in [1.165, 1.54) is 0 Å². The van der Waals surface area contributed by atoms with Gasteiger partial charge < -0.3 is 24.7 Å². The number of nitrogens with one attached hydrogen (secondary N) is 3. The Labute approximate surface area is 168 Å². The Balaban J connectivity index is 1.72. The molecule has 0 bridgehead atoms. The lowest BCUT2D eigenvalue weighted by Crippen LogP contribution is -2.33. The summed E-state index contributed by atoms with van der Waals surface area (Å²) < 4.78 is 12.7. The molecule has 0 aliphatic carbocycles. The number of hydrogen-bond donors (Lipinski definition) is 3. The Kier molecular flexibility index (Phi) is 5.22. The van der Waals surface area contributed by atoms with Gasteiger partial charge in [-0.1, -0.05) is 0 Å². The molecule has 9 heteroatoms. The number of ether oxygens (including phenoxy) is 2. The summed E-state index contributed by atoms with van der Waals surface area (Å²) >= 11 is 0. The smallest absolute Gasteiger partial charge is 0.272 e. The molecule has 2 aromatic heterocycles. The number of benzene rings is 1. The number of aromatic nitrogens is 4. The number of hydrogen-bond acceptors (Lipinski definition) is 6. The molecule has 1 unspecified atom stereocenters. The van der Waals surface area contributed by atoms with Gasteiger partial charge in [0.2, 0.25) is 0 Å². The van der Waals surface area contributed by atoms with Crippen LogP contribution in [0.25, 0.3) is 0 Å². The van der Waals surface area contributed by atoms with Crippen molar-refractivity contribution in [1.29, 1.82) is 0 Å². The number of aromatic amines is 1. The molecule has 0 saturated heterocycles. The predicted octanol–water partition coefficient (Wildman–Crippen LogP) is 1.33. The number of amides is 1. The average Bonchev–Trinajstić information content (AvgIpc) is 3.37. The fourth-order valence-corrected chi connectivity index (χ4v) is 3.56. The molecule has 3 aromatic rings. The third-order valence-electron chi connectivity index (χ3n) is 5.12. The number of carbonyl (C=O) groups excluding carboxylic acids is 1. The Morgan fingerprint density at radius 3 is 2.66 bits per heavy atom. The Morgan fingerprint density at radius 2 is 2.00 bits per heavy atom. The lowest BCUT2D eigenvalue weighted by Gasteiger charge is -2.21. The van der Waals surface area contributed by atoms with Crippen molar-refractivity contribution in [2.24, 2.45) is 7.05 Å². The normalized spacial score (nSPS) is 14.2. The van der Waals surface area contributed by atoms with Crippen LogP contribution in [0, 0.1) is 0 Å². The molecule has 0 saturated carbocycles. The van der Waals surface area contributed by atoms with Gasteiger partial charge in [0, 0.05) is 56.3 Å². The Morgan fingerprint density at radius 1 is 1.24 bits per heavy atom. The number of carbonyl (C=O) groups is 1. The molecule has 0 fully saturated rings. The number of methoxy groups -OCH3 is 2. The highest BCUT2D eigenvalue weighted by atomic mass is 16.5. The molecule has 1 aliphatic heterocycles. The molecule has 1 atom stereocenters. The Hall–Kier alpha value is -3.33. The largest absolute Gasteiger partial charge is 0.497 e. The fraction of sp³-hybridized carbons (Fsp3) is 0.350. The lowest BCUT2D eigenvalue weighted by molar-refractivity contribution is 0.0934. The molecule has 0 spiro atoms. The van der Waals surface area contributed by atoms with Crippen molar-refractivity contribution >= 4 is 5.91 Å². The summed E-state index contributed by atoms with van der Waals surface area (Å²) in [4.78, 5) is 17.6. The van der Waals surface area contributed by atoms with E-state index in [4.69, 9.17) is 9.47 Å². The molecule has 4 rings (SSSR count). The Bertz CT molecular complexity index is 1000. The van der Waals surface area contributed by atoms with Crippen molar-refractivity contribution in [3.63, 3.8) is 0 Å². The van der Waals surface area contributed by atoms with Crippen molar-refractivity contribution in [3.05, 3.63) is 58.9 Å². The second kappa shape index (κ2) is 7.96. The number of H-pyrrole nitrogens is 1. The maximum Gasteiger partial charge on any atom is 0.272 e. The van der Waals surface area contributed by atoms with Gasteiger partial charge in [-0.15, -0.1) is 0 Å². The van der Waals surface area contributed by atoms with Gasteiger partial charge in [0.05, 0.1) is 14.2 Å². The molecule has 1 aromatic carbocycles. The van der Waals surface area contributed by atoms with E-state index in [1.807, 2.05) is 29.9 Å². The zero-order valence-corrected chi connectivity index (χ0v) is 16.7. The van der Waals surface area contributed by atoms with Crippen molar-refractivity contribution in [3.8, 4) is 11.5 Å². The minimum absolute atomic E-state index is 0.263. The van der Waals surface area contributed by atoms with Crippen LogP contribution in [0.15, 0.2) is 30.6 Å². The van der Waals surface area contributed by atoms with Gasteiger partial charge in [0.25, 0.3) is 5.91 Å². The topological polar surface area (TPSA) is 106 Å². The summed E-state index contributed by atoms with van der Waals surface area (Å²) in [5, 5.41) is 13.6. The summed E-state index contributed by atoms with van der Waals surface area (Å²) in [5.41, 5.74) is 3.12. The second-order valence-electron chi connectivity index (χ2n) is 6.90. The summed E-state index contributed by atoms with van der Waals surface area (Å²) in [6.07, 6.45) is 4.37. The molecule has 152 valence electrons. The summed E-state index contributed by atoms with van der Waals surface area (Å²) in [5.74, 6) is 1.69. The molecular formula is C20H24N6O3. The first-order valence-electron chi connectivity index (χ1n) is 9.38. The van der Waals surface area contributed by atoms with Crippen LogP contribution < -0.4 is 20.1 Å². The summed E-state index contributed by atoms with van der Waals surface area (Å²) in [7, 11) is 5.07. The van der Waals surface area contributed by atoms with Gasteiger partial charge in [-0.25, -0.2) is 4.98 Å². The number of aryl methyl sites for hydroxylation is 1. The average molecular weight is 396 g/mol. The first kappa shape index (κ1) is 19.0. The van der Waals surface area contributed by atoms with E-state index in [-0.39, 0.29) is 5.91 Å². The van der Waals surface area contributed by atoms with Gasteiger partial charge in [-0.2, -0.15) is 5.10 Å². The maximum atomic E-state index is 13.2. The molecular weight excluding hydrogens is 372 g/mol. The lowest BCUT2D eigenvalue weighted by atomic mass is 10.0. The van der Waals surface area contributed by atoms with Gasteiger partial charge in [-0.3, -0.25) is 9.89 Å². The third-order valence-corrected chi connectivity index (χ3v) is 5.12. The van der Waals surface area contributed by atoms with Crippen LogP contribution in [0.3, 0.4) is 0 Å². The van der Waals surface area contributed by atoms with E-state index in [0.29, 0.717) is 29.6 Å². The van der Waals surface area contributed by atoms with Crippen LogP contribution in [0.1, 0.15) is 39.2 Å². The maximum absolute atomic E-state index is 13.2. The predicted molar refractivity (Wildman–Crippen MR) is 106 cm³/mol. The zero-order valence-electron chi connectivity index (χ0n) is 16.7. The molecule has 29 heavy (non-hydrogen) atoms. The van der Waals surface area contributed by atoms with Crippen LogP contribution in [-0.4, -0.2) is 46.4 Å². The van der Waals surface area contributed by atoms with Crippen molar-refractivity contribution in [2.75, 3.05) is 20.8 Å². The highest BCUT2D eigenvalue weighted by molar-refractivity contribution is 5.94. The van der Waals surface area contributed by atoms with Crippen LogP contribution >= 0.6 is 0 Å². The van der Waals surface area contributed by atoms with Gasteiger partial charge in [-0.05, 0) is 17.7 Å². The molecule has 1 aliphatic rings. The molecule has 0 radical (unpaired) electrons. The number of imidazole rings is 1. The van der Waals surface area contributed by atoms with E-state index in [0.717, 1.165) is 29.8 Å². The van der Waals surface area contributed by atoms with E-state index in [2.05, 4.69) is 25.8 Å². The van der Waals surface area contributed by atoms with Crippen molar-refractivity contribution < 1.29 is 14.3 Å². The first-order valence-corrected chi connectivity index (χ1v) is 9.38. The highest BCUT2D eigenvalue weighted by Crippen LogP contribution is 2.30. The van der Waals surface area contributed by atoms with E-state index in [9.17, 15) is 4.79 Å². The molecule has 3 N–H and O–H groups in total. The SMILES string of the molecule is COc1cc(OC)cc(C(NC(=O)c2n[nH]c3c2CNCC3)c2nccn2C)c1. The molecule has 9 nitrogen and oxygen atoms in total. The summed E-state index contributed by atoms with van der Waals surface area (Å²) in [6.45, 7) is 1.49. The van der Waals surface area contributed by atoms with E-state index in [1.54, 1.807) is 26.5 Å². The number of rotatable bonds is 6. The van der Waals surface area contributed by atoms with Crippen LogP contribution in [0.4, 0.5) is 0 Å². The zero-order chi connectivity index (χ0) is 20.4. The van der Waals surface area contributed by atoms with Crippen LogP contribution in [0.5, 0.6) is 11.5 Å². The minimum atomic E-state index is -0.504. The first-order chi connectivity index (χ1) is 14.1. The van der Waals surface area contributed by atoms with Crippen molar-refractivity contribution in [1.82, 2.24) is 30.4 Å². The van der Waals surface area contributed by atoms with E-state index >= 15 is 0 Å². The second-order valence-corrected chi connectivity index (χ2v) is 6.90. The fourth-order valence-electron chi connectivity index (χ4n) is 3.56. The van der Waals surface area contributed by atoms with Gasteiger partial charge in [0.15, 0.2) is 5.69 Å². The molecule has 1 amide bonds. The van der Waals surface area contributed by atoms with Crippen LogP contribution in [0.2, 0.25) is 0 Å². The summed E-state index contributed by atoms with van der Waals surface area (Å²) in [6, 6.07) is 5.01. The van der Waals surface area contributed by atoms with E-state index < -0.39 is 6.04 Å². The van der Waals surface area contributed by atoms with Crippen molar-refractivity contribution in [2.45, 2.75) is 19.0 Å². The minimum Gasteiger partial charge on any atom is -0.497 e. The molecule has 3 heterocycles. The number of nitrogens with zero attached hydrogens (tertiary/aromatic N) is 3. The monoisotopic (exact) mass is 396 g/mol. The standard InChI is InChI=1S/C20H24N6O3/c1-26-7-6-22-19(26)17(12-8-13(28-2)10-14(9-12)29-3)23-20(27)18-15-11-21-5-4-16(15)24-25-18/h6-10,17,21H,4-5,11H2,1-3H3,(H,23,27)(H,24,25). The van der Waals surface area contributed by atoms with Gasteiger partial charge in [0.1, 0.15) is 23.4 Å². The highest BCUT2D eigenvalue weighted by Gasteiger charge is 2.27. The number of fused-ring (bicyclic) bond motifs is 1. The third kappa shape index (κ3) is 3.68.